The van der Waals surface area contributed by atoms with Crippen molar-refractivity contribution in [1.82, 2.24) is 4.98 Å². The first kappa shape index (κ1) is 11.8. The van der Waals surface area contributed by atoms with Gasteiger partial charge in [0.05, 0.1) is 12.2 Å². The van der Waals surface area contributed by atoms with Gasteiger partial charge in [-0.1, -0.05) is 25.4 Å². The Labute approximate surface area is 94.7 Å². The Balaban J connectivity index is 2.66. The summed E-state index contributed by atoms with van der Waals surface area (Å²) >= 11 is 5.91. The second-order valence-electron chi connectivity index (χ2n) is 3.62. The van der Waals surface area contributed by atoms with Crippen molar-refractivity contribution in [2.24, 2.45) is 5.92 Å². The lowest BCUT2D eigenvalue weighted by molar-refractivity contribution is 0.279. The molecular weight excluding hydrogens is 212 g/mol. The molecule has 0 bridgehead atoms. The van der Waals surface area contributed by atoms with Crippen molar-refractivity contribution in [3.05, 3.63) is 22.8 Å². The van der Waals surface area contributed by atoms with Gasteiger partial charge in [-0.15, -0.1) is 0 Å². The summed E-state index contributed by atoms with van der Waals surface area (Å²) in [6.07, 6.45) is 2.46. The molecule has 80 valence electrons. The quantitative estimate of drug-likeness (QED) is 0.790. The number of hydrogen-bond donors (Lipinski definition) is 0. The van der Waals surface area contributed by atoms with Crippen molar-refractivity contribution in [3.8, 4) is 11.9 Å². The summed E-state index contributed by atoms with van der Waals surface area (Å²) in [6, 6.07) is 3.55. The maximum Gasteiger partial charge on any atom is 0.233 e. The molecule has 0 radical (unpaired) electrons. The van der Waals surface area contributed by atoms with Gasteiger partial charge in [-0.25, -0.2) is 4.98 Å². The van der Waals surface area contributed by atoms with Gasteiger partial charge in [0.1, 0.15) is 11.1 Å². The Morgan fingerprint density at radius 2 is 2.33 bits per heavy atom. The fraction of sp³-hybridized carbons (Fsp3) is 0.455. The van der Waals surface area contributed by atoms with Gasteiger partial charge >= 0.3 is 0 Å². The minimum Gasteiger partial charge on any atom is -0.477 e. The van der Waals surface area contributed by atoms with Crippen LogP contribution in [0.15, 0.2) is 12.3 Å². The van der Waals surface area contributed by atoms with E-state index in [1.807, 2.05) is 6.07 Å². The molecule has 3 nitrogen and oxygen atoms in total. The van der Waals surface area contributed by atoms with Crippen LogP contribution < -0.4 is 4.74 Å². The predicted molar refractivity (Wildman–Crippen MR) is 58.9 cm³/mol. The van der Waals surface area contributed by atoms with Gasteiger partial charge in [-0.3, -0.25) is 0 Å². The Hall–Kier alpha value is -1.27. The molecule has 0 spiro atoms. The SMILES string of the molecule is CC(C)CCOc1nccc(C#N)c1Cl. The van der Waals surface area contributed by atoms with Gasteiger partial charge in [-0.05, 0) is 18.4 Å². The maximum absolute atomic E-state index is 8.74. The first-order valence-corrected chi connectivity index (χ1v) is 5.20. The highest BCUT2D eigenvalue weighted by molar-refractivity contribution is 6.32. The highest BCUT2D eigenvalue weighted by Crippen LogP contribution is 2.25. The van der Waals surface area contributed by atoms with E-state index in [1.54, 1.807) is 6.07 Å². The van der Waals surface area contributed by atoms with Crippen molar-refractivity contribution in [2.75, 3.05) is 6.61 Å². The zero-order valence-corrected chi connectivity index (χ0v) is 9.58. The lowest BCUT2D eigenvalue weighted by Crippen LogP contribution is -2.03. The summed E-state index contributed by atoms with van der Waals surface area (Å²) < 4.78 is 5.40. The molecule has 0 aromatic carbocycles. The molecule has 0 unspecified atom stereocenters. The average molecular weight is 225 g/mol. The molecular formula is C11H13ClN2O. The molecule has 0 amide bonds. The molecule has 15 heavy (non-hydrogen) atoms. The monoisotopic (exact) mass is 224 g/mol. The molecule has 0 aliphatic carbocycles. The lowest BCUT2D eigenvalue weighted by atomic mass is 10.1. The molecule has 4 heteroatoms. The van der Waals surface area contributed by atoms with Crippen molar-refractivity contribution in [2.45, 2.75) is 20.3 Å². The number of aromatic nitrogens is 1. The van der Waals surface area contributed by atoms with E-state index in [0.29, 0.717) is 29.0 Å². The highest BCUT2D eigenvalue weighted by Gasteiger charge is 2.08. The van der Waals surface area contributed by atoms with Gasteiger partial charge in [0.15, 0.2) is 0 Å². The van der Waals surface area contributed by atoms with E-state index in [-0.39, 0.29) is 0 Å². The first-order valence-electron chi connectivity index (χ1n) is 4.82. The minimum atomic E-state index is 0.295. The largest absolute Gasteiger partial charge is 0.477 e. The number of hydrogen-bond acceptors (Lipinski definition) is 3. The summed E-state index contributed by atoms with van der Waals surface area (Å²) in [5.74, 6) is 0.916. The molecule has 1 aromatic heterocycles. The van der Waals surface area contributed by atoms with Crippen LogP contribution in [0.3, 0.4) is 0 Å². The van der Waals surface area contributed by atoms with Gasteiger partial charge in [-0.2, -0.15) is 5.26 Å². The number of nitriles is 1. The molecule has 0 saturated heterocycles. The maximum atomic E-state index is 8.74. The Kier molecular flexibility index (Phi) is 4.38. The number of halogens is 1. The zero-order valence-electron chi connectivity index (χ0n) is 8.83. The van der Waals surface area contributed by atoms with Crippen LogP contribution in [0.5, 0.6) is 5.88 Å². The molecule has 0 atom stereocenters. The third-order valence-corrected chi connectivity index (χ3v) is 2.28. The van der Waals surface area contributed by atoms with E-state index in [9.17, 15) is 0 Å². The molecule has 0 N–H and O–H groups in total. The first-order chi connectivity index (χ1) is 7.15. The molecule has 0 fully saturated rings. The van der Waals surface area contributed by atoms with E-state index >= 15 is 0 Å². The van der Waals surface area contributed by atoms with Crippen LogP contribution in [-0.2, 0) is 0 Å². The third kappa shape index (κ3) is 3.41. The Morgan fingerprint density at radius 1 is 1.60 bits per heavy atom. The van der Waals surface area contributed by atoms with Crippen LogP contribution in [0.1, 0.15) is 25.8 Å². The van der Waals surface area contributed by atoms with Crippen LogP contribution in [0, 0.1) is 17.2 Å². The Morgan fingerprint density at radius 3 is 2.93 bits per heavy atom. The molecule has 0 aliphatic heterocycles. The summed E-state index contributed by atoms with van der Waals surface area (Å²) in [5, 5.41) is 9.03. The molecule has 1 rings (SSSR count). The van der Waals surface area contributed by atoms with Crippen LogP contribution in [0.25, 0.3) is 0 Å². The van der Waals surface area contributed by atoms with E-state index in [4.69, 9.17) is 21.6 Å². The van der Waals surface area contributed by atoms with Gasteiger partial charge in [0.25, 0.3) is 0 Å². The zero-order chi connectivity index (χ0) is 11.3. The van der Waals surface area contributed by atoms with Gasteiger partial charge < -0.3 is 4.74 Å². The molecule has 1 aromatic rings. The van der Waals surface area contributed by atoms with E-state index < -0.39 is 0 Å². The van der Waals surface area contributed by atoms with Gasteiger partial charge in [0.2, 0.25) is 5.88 Å². The third-order valence-electron chi connectivity index (χ3n) is 1.91. The minimum absolute atomic E-state index is 0.295. The summed E-state index contributed by atoms with van der Waals surface area (Å²) in [4.78, 5) is 3.98. The second-order valence-corrected chi connectivity index (χ2v) is 4.00. The fourth-order valence-corrected chi connectivity index (χ4v) is 1.21. The van der Waals surface area contributed by atoms with Crippen molar-refractivity contribution >= 4 is 11.6 Å². The fourth-order valence-electron chi connectivity index (χ4n) is 1.00. The van der Waals surface area contributed by atoms with E-state index in [2.05, 4.69) is 18.8 Å². The molecule has 0 saturated carbocycles. The second kappa shape index (κ2) is 5.57. The van der Waals surface area contributed by atoms with E-state index in [0.717, 1.165) is 6.42 Å². The molecule has 0 aliphatic rings. The highest BCUT2D eigenvalue weighted by atomic mass is 35.5. The number of ether oxygens (including phenoxy) is 1. The lowest BCUT2D eigenvalue weighted by Gasteiger charge is -2.08. The van der Waals surface area contributed by atoms with Crippen molar-refractivity contribution in [3.63, 3.8) is 0 Å². The van der Waals surface area contributed by atoms with Crippen LogP contribution in [0.4, 0.5) is 0 Å². The number of rotatable bonds is 4. The van der Waals surface area contributed by atoms with Crippen molar-refractivity contribution < 1.29 is 4.74 Å². The summed E-state index contributed by atoms with van der Waals surface area (Å²) in [7, 11) is 0. The summed E-state index contributed by atoms with van der Waals surface area (Å²) in [5.41, 5.74) is 0.395. The van der Waals surface area contributed by atoms with Crippen LogP contribution >= 0.6 is 11.6 Å². The Bertz CT molecular complexity index is 371. The number of pyridine rings is 1. The van der Waals surface area contributed by atoms with Crippen molar-refractivity contribution in [1.29, 1.82) is 5.26 Å². The number of nitrogens with zero attached hydrogens (tertiary/aromatic N) is 2. The normalized spacial score (nSPS) is 10.1. The van der Waals surface area contributed by atoms with E-state index in [1.165, 1.54) is 6.20 Å². The molecule has 1 heterocycles. The summed E-state index contributed by atoms with van der Waals surface area (Å²) in [6.45, 7) is 4.80. The van der Waals surface area contributed by atoms with Gasteiger partial charge in [0, 0.05) is 6.20 Å². The average Bonchev–Trinajstić information content (AvgIpc) is 2.20. The smallest absolute Gasteiger partial charge is 0.233 e. The topological polar surface area (TPSA) is 45.9 Å². The standard InChI is InChI=1S/C11H13ClN2O/c1-8(2)4-6-15-11-10(12)9(7-13)3-5-14-11/h3,5,8H,4,6H2,1-2H3. The van der Waals surface area contributed by atoms with Crippen LogP contribution in [-0.4, -0.2) is 11.6 Å². The van der Waals surface area contributed by atoms with Crippen LogP contribution in [0.2, 0.25) is 5.02 Å². The predicted octanol–water partition coefficient (Wildman–Crippen LogP) is 3.03.